The van der Waals surface area contributed by atoms with Crippen molar-refractivity contribution in [2.45, 2.75) is 84.2 Å². The molecule has 1 aliphatic carbocycles. The summed E-state index contributed by atoms with van der Waals surface area (Å²) in [6.07, 6.45) is 3.20. The zero-order valence-electron chi connectivity index (χ0n) is 34.9. The molecule has 5 atom stereocenters. The Labute approximate surface area is 342 Å². The number of amides is 3. The molecular formula is C43H64N6O9. The molecule has 2 aromatic carbocycles. The van der Waals surface area contributed by atoms with Crippen LogP contribution in [0.4, 0.5) is 9.59 Å². The monoisotopic (exact) mass is 808 g/mol. The van der Waals surface area contributed by atoms with Gasteiger partial charge in [0.1, 0.15) is 11.8 Å². The van der Waals surface area contributed by atoms with Crippen molar-refractivity contribution in [3.8, 4) is 0 Å². The Morgan fingerprint density at radius 1 is 0.862 bits per heavy atom. The molecule has 0 spiro atoms. The normalized spacial score (nSPS) is 18.4. The molecule has 0 bridgehead atoms. The molecule has 15 nitrogen and oxygen atoms in total. The van der Waals surface area contributed by atoms with E-state index in [-0.39, 0.29) is 29.5 Å². The lowest BCUT2D eigenvalue weighted by atomic mass is 9.71. The van der Waals surface area contributed by atoms with E-state index in [4.69, 9.17) is 19.9 Å². The van der Waals surface area contributed by atoms with Gasteiger partial charge in [0.25, 0.3) is 5.91 Å². The summed E-state index contributed by atoms with van der Waals surface area (Å²) in [5.74, 6) is -5.47. The summed E-state index contributed by atoms with van der Waals surface area (Å²) < 4.78 is 15.2. The lowest BCUT2D eigenvalue weighted by Crippen LogP contribution is -2.61. The van der Waals surface area contributed by atoms with E-state index in [2.05, 4.69) is 21.0 Å². The number of nitrogens with one attached hydrogen (secondary N) is 3. The van der Waals surface area contributed by atoms with Crippen LogP contribution < -0.4 is 21.8 Å². The van der Waals surface area contributed by atoms with Crippen molar-refractivity contribution in [2.75, 3.05) is 53.6 Å². The van der Waals surface area contributed by atoms with E-state index in [1.54, 1.807) is 75.2 Å². The molecule has 15 heteroatoms. The number of Topliss-reactive ketones (excluding diaryl/α,β-unsaturated/α-hetero) is 2. The smallest absolute Gasteiger partial charge is 0.407 e. The molecule has 3 amide bonds. The molecule has 1 unspecified atom stereocenters. The average Bonchev–Trinajstić information content (AvgIpc) is 3.22. The Balaban J connectivity index is 1.86. The topological polar surface area (TPSA) is 202 Å². The number of ketones is 2. The van der Waals surface area contributed by atoms with Gasteiger partial charge in [-0.05, 0) is 41.7 Å². The van der Waals surface area contributed by atoms with Crippen LogP contribution in [-0.2, 0) is 36.1 Å². The maximum absolute atomic E-state index is 15.2. The number of carbonyl (C=O) groups is 5. The highest BCUT2D eigenvalue weighted by atomic mass is 16.5. The largest absolute Gasteiger partial charge is 0.453 e. The minimum absolute atomic E-state index is 0.139. The van der Waals surface area contributed by atoms with Crippen LogP contribution in [0.5, 0.6) is 0 Å². The standard InChI is InChI=1S/C43H64N6O9/c1-28(2)36(45-41(53)56-5)39(51)35(43(44,55)33-15-11-8-12-16-33)34(38(50)32-19-17-31(18-20-32)25-48-21-23-58-24-22-48)27-49(26-30-13-9-7-10-14-30)47-40(52)37(29(3)4)46-42(54)57-6/h8,11-12,15-20,28-30,34-37,55H,7,9-10,13-14,21-27,44H2,1-6H3,(H,45,53)(H,46,54)(H,47,52)/t34-,35+,36-,37-,43?/m0/s1. The van der Waals surface area contributed by atoms with Gasteiger partial charge in [-0.1, -0.05) is 102 Å². The number of rotatable bonds is 19. The number of morpholine rings is 1. The molecule has 0 radical (unpaired) electrons. The first-order valence-corrected chi connectivity index (χ1v) is 20.4. The predicted octanol–water partition coefficient (Wildman–Crippen LogP) is 3.98. The van der Waals surface area contributed by atoms with E-state index in [0.717, 1.165) is 50.8 Å². The second-order valence-electron chi connectivity index (χ2n) is 16.2. The van der Waals surface area contributed by atoms with Crippen LogP contribution in [0.25, 0.3) is 0 Å². The summed E-state index contributed by atoms with van der Waals surface area (Å²) >= 11 is 0. The molecule has 2 aliphatic rings. The number of nitrogens with two attached hydrogens (primary N) is 1. The van der Waals surface area contributed by atoms with Crippen molar-refractivity contribution < 1.29 is 43.3 Å². The lowest BCUT2D eigenvalue weighted by molar-refractivity contribution is -0.141. The van der Waals surface area contributed by atoms with Gasteiger partial charge in [0.05, 0.1) is 45.3 Å². The number of hydrogen-bond acceptors (Lipinski definition) is 12. The van der Waals surface area contributed by atoms with Crippen LogP contribution in [0.3, 0.4) is 0 Å². The van der Waals surface area contributed by atoms with Gasteiger partial charge in [0.15, 0.2) is 11.6 Å². The number of ether oxygens (including phenoxy) is 3. The SMILES string of the molecule is COC(=O)N[C@H](C(=O)NN(CC1CCCCC1)C[C@H](C(=O)c1ccc(CN2CCOCC2)cc1)[C@H](C(=O)[C@@H](NC(=O)OC)C(C)C)C(N)(O)c1ccccc1)C(C)C. The van der Waals surface area contributed by atoms with Crippen molar-refractivity contribution in [3.63, 3.8) is 0 Å². The quantitative estimate of drug-likeness (QED) is 0.0778. The molecule has 0 aromatic heterocycles. The van der Waals surface area contributed by atoms with Crippen LogP contribution >= 0.6 is 0 Å². The van der Waals surface area contributed by atoms with Gasteiger partial charge in [-0.3, -0.25) is 30.4 Å². The Kier molecular flexibility index (Phi) is 17.6. The number of carbonyl (C=O) groups excluding carboxylic acids is 5. The molecule has 2 fully saturated rings. The zero-order valence-corrected chi connectivity index (χ0v) is 34.9. The highest BCUT2D eigenvalue weighted by Gasteiger charge is 2.51. The first kappa shape index (κ1) is 46.3. The zero-order chi connectivity index (χ0) is 42.4. The van der Waals surface area contributed by atoms with Crippen molar-refractivity contribution in [2.24, 2.45) is 35.3 Å². The molecular weight excluding hydrogens is 745 g/mol. The molecule has 4 rings (SSSR count). The Morgan fingerprint density at radius 3 is 1.98 bits per heavy atom. The third kappa shape index (κ3) is 12.8. The first-order chi connectivity index (χ1) is 27.7. The molecule has 1 saturated heterocycles. The van der Waals surface area contributed by atoms with Crippen molar-refractivity contribution in [1.82, 2.24) is 26.0 Å². The van der Waals surface area contributed by atoms with E-state index in [0.29, 0.717) is 26.3 Å². The van der Waals surface area contributed by atoms with E-state index in [1.165, 1.54) is 14.2 Å². The molecule has 2 aromatic rings. The summed E-state index contributed by atoms with van der Waals surface area (Å²) in [6, 6.07) is 13.1. The molecule has 320 valence electrons. The van der Waals surface area contributed by atoms with E-state index < -0.39 is 65.2 Å². The second kappa shape index (κ2) is 22.1. The summed E-state index contributed by atoms with van der Waals surface area (Å²) in [5, 5.41) is 19.4. The highest BCUT2D eigenvalue weighted by molar-refractivity contribution is 6.02. The Morgan fingerprint density at radius 2 is 1.43 bits per heavy atom. The summed E-state index contributed by atoms with van der Waals surface area (Å²) in [7, 11) is 2.39. The second-order valence-corrected chi connectivity index (χ2v) is 16.2. The lowest BCUT2D eigenvalue weighted by Gasteiger charge is -2.41. The molecule has 58 heavy (non-hydrogen) atoms. The minimum Gasteiger partial charge on any atom is -0.453 e. The van der Waals surface area contributed by atoms with Crippen LogP contribution in [-0.4, -0.2) is 110 Å². The molecule has 6 N–H and O–H groups in total. The van der Waals surface area contributed by atoms with E-state index >= 15 is 9.59 Å². The van der Waals surface area contributed by atoms with Crippen LogP contribution in [0.1, 0.15) is 81.3 Å². The third-order valence-electron chi connectivity index (χ3n) is 11.2. The van der Waals surface area contributed by atoms with E-state index in [9.17, 15) is 19.5 Å². The maximum Gasteiger partial charge on any atom is 0.407 e. The number of alkyl carbamates (subject to hydrolysis) is 2. The maximum atomic E-state index is 15.2. The van der Waals surface area contributed by atoms with Crippen molar-refractivity contribution in [3.05, 3.63) is 71.3 Å². The molecule has 1 heterocycles. The number of benzene rings is 2. The summed E-state index contributed by atoms with van der Waals surface area (Å²) in [4.78, 5) is 71.6. The van der Waals surface area contributed by atoms with Gasteiger partial charge in [-0.25, -0.2) is 14.6 Å². The fourth-order valence-corrected chi connectivity index (χ4v) is 7.93. The van der Waals surface area contributed by atoms with Gasteiger partial charge in [-0.2, -0.15) is 0 Å². The number of methoxy groups -OCH3 is 2. The fourth-order valence-electron chi connectivity index (χ4n) is 7.93. The predicted molar refractivity (Wildman–Crippen MR) is 218 cm³/mol. The van der Waals surface area contributed by atoms with Gasteiger partial charge in [-0.15, -0.1) is 0 Å². The number of nitrogens with zero attached hydrogens (tertiary/aromatic N) is 2. The molecule has 1 aliphatic heterocycles. The van der Waals surface area contributed by atoms with Gasteiger partial charge >= 0.3 is 12.2 Å². The number of aliphatic hydroxyl groups is 1. The molecule has 1 saturated carbocycles. The van der Waals surface area contributed by atoms with E-state index in [1.807, 2.05) is 12.1 Å². The van der Waals surface area contributed by atoms with Crippen LogP contribution in [0.15, 0.2) is 54.6 Å². The first-order valence-electron chi connectivity index (χ1n) is 20.4. The van der Waals surface area contributed by atoms with Crippen molar-refractivity contribution in [1.29, 1.82) is 0 Å². The fraction of sp³-hybridized carbons (Fsp3) is 0.605. The van der Waals surface area contributed by atoms with Gasteiger partial charge in [0.2, 0.25) is 0 Å². The van der Waals surface area contributed by atoms with Crippen LogP contribution in [0.2, 0.25) is 0 Å². The third-order valence-corrected chi connectivity index (χ3v) is 11.2. The van der Waals surface area contributed by atoms with Gasteiger partial charge < -0.3 is 30.0 Å². The van der Waals surface area contributed by atoms with Crippen molar-refractivity contribution >= 4 is 29.7 Å². The minimum atomic E-state index is -2.44. The number of hydrazine groups is 1. The summed E-state index contributed by atoms with van der Waals surface area (Å²) in [5.41, 5.74) is 8.88. The highest BCUT2D eigenvalue weighted by Crippen LogP contribution is 2.36. The number of hydrogen-bond donors (Lipinski definition) is 5. The average molecular weight is 809 g/mol. The van der Waals surface area contributed by atoms with Gasteiger partial charge in [0, 0.05) is 38.3 Å². The Hall–Kier alpha value is -4.41. The van der Waals surface area contributed by atoms with Crippen LogP contribution in [0, 0.1) is 29.6 Å². The summed E-state index contributed by atoms with van der Waals surface area (Å²) in [6.45, 7) is 10.6. The Bertz CT molecular complexity index is 1640.